The number of ether oxygens (including phenoxy) is 2. The summed E-state index contributed by atoms with van der Waals surface area (Å²) in [5.74, 6) is 0.415. The van der Waals surface area contributed by atoms with Crippen molar-refractivity contribution in [1.29, 1.82) is 0 Å². The molecule has 4 nitrogen and oxygen atoms in total. The molecule has 0 aliphatic rings. The Balaban J connectivity index is 2.29. The summed E-state index contributed by atoms with van der Waals surface area (Å²) in [7, 11) is 1.49. The molecule has 1 N–H and O–H groups in total. The first-order chi connectivity index (χ1) is 11.5. The molecule has 0 spiro atoms. The minimum absolute atomic E-state index is 0.272. The number of carbonyl (C=O) groups excluding carboxylic acids is 1. The quantitative estimate of drug-likeness (QED) is 0.691. The average Bonchev–Trinajstić information content (AvgIpc) is 2.57. The number of carbonyl (C=O) groups is 1. The van der Waals surface area contributed by atoms with E-state index in [1.165, 1.54) is 13.2 Å². The minimum atomic E-state index is -0.388. The Kier molecular flexibility index (Phi) is 6.60. The van der Waals surface area contributed by atoms with Crippen molar-refractivity contribution in [1.82, 2.24) is 0 Å². The highest BCUT2D eigenvalue weighted by molar-refractivity contribution is 6.44. The van der Waals surface area contributed by atoms with Gasteiger partial charge in [0.25, 0.3) is 5.91 Å². The first-order valence-corrected chi connectivity index (χ1v) is 8.37. The fourth-order valence-electron chi connectivity index (χ4n) is 1.99. The number of hydrogen-bond donors (Lipinski definition) is 1. The molecular weight excluding hydrogens is 373 g/mol. The average molecular weight is 389 g/mol. The zero-order valence-electron chi connectivity index (χ0n) is 13.2. The molecule has 0 aliphatic carbocycles. The predicted molar refractivity (Wildman–Crippen MR) is 98.2 cm³/mol. The van der Waals surface area contributed by atoms with Crippen molar-refractivity contribution in [3.63, 3.8) is 0 Å². The van der Waals surface area contributed by atoms with Gasteiger partial charge in [-0.15, -0.1) is 0 Å². The second-order valence-electron chi connectivity index (χ2n) is 4.89. The molecule has 0 radical (unpaired) electrons. The van der Waals surface area contributed by atoms with E-state index in [9.17, 15) is 4.79 Å². The molecule has 0 saturated heterocycles. The molecule has 0 saturated carbocycles. The molecule has 0 unspecified atom stereocenters. The second kappa shape index (κ2) is 8.47. The number of methoxy groups -OCH3 is 1. The van der Waals surface area contributed by atoms with Crippen molar-refractivity contribution < 1.29 is 14.3 Å². The number of halogens is 3. The molecule has 2 rings (SSSR count). The van der Waals surface area contributed by atoms with Crippen LogP contribution in [0.5, 0.6) is 11.5 Å². The Hall–Kier alpha value is -1.62. The molecule has 2 aromatic carbocycles. The highest BCUT2D eigenvalue weighted by atomic mass is 35.5. The Morgan fingerprint density at radius 2 is 1.92 bits per heavy atom. The standard InChI is InChI=1S/C17H16Cl3NO3/c1-3-7-24-16-12(19)8-10(9-14(16)23-2)17(22)21-13-6-4-5-11(18)15(13)20/h4-6,8-9H,3,7H2,1-2H3,(H,21,22). The normalized spacial score (nSPS) is 10.4. The number of rotatable bonds is 6. The van der Waals surface area contributed by atoms with Gasteiger partial charge in [-0.3, -0.25) is 4.79 Å². The van der Waals surface area contributed by atoms with E-state index >= 15 is 0 Å². The zero-order chi connectivity index (χ0) is 17.7. The van der Waals surface area contributed by atoms with E-state index in [-0.39, 0.29) is 10.9 Å². The molecule has 1 amide bonds. The van der Waals surface area contributed by atoms with Crippen LogP contribution in [0, 0.1) is 0 Å². The highest BCUT2D eigenvalue weighted by Crippen LogP contribution is 2.37. The maximum atomic E-state index is 12.5. The van der Waals surface area contributed by atoms with Crippen LogP contribution in [0.25, 0.3) is 0 Å². The second-order valence-corrected chi connectivity index (χ2v) is 6.09. The lowest BCUT2D eigenvalue weighted by molar-refractivity contribution is 0.102. The molecular formula is C17H16Cl3NO3. The van der Waals surface area contributed by atoms with Crippen LogP contribution in [0.3, 0.4) is 0 Å². The van der Waals surface area contributed by atoms with Gasteiger partial charge in [0.05, 0.1) is 34.5 Å². The summed E-state index contributed by atoms with van der Waals surface area (Å²) in [6.07, 6.45) is 0.828. The van der Waals surface area contributed by atoms with Crippen molar-refractivity contribution in [3.05, 3.63) is 51.0 Å². The van der Waals surface area contributed by atoms with Gasteiger partial charge in [0.2, 0.25) is 0 Å². The van der Waals surface area contributed by atoms with Crippen molar-refractivity contribution in [2.45, 2.75) is 13.3 Å². The largest absolute Gasteiger partial charge is 0.493 e. The molecule has 0 aromatic heterocycles. The summed E-state index contributed by atoms with van der Waals surface area (Å²) < 4.78 is 10.8. The van der Waals surface area contributed by atoms with E-state index in [2.05, 4.69) is 5.32 Å². The first-order valence-electron chi connectivity index (χ1n) is 7.23. The van der Waals surface area contributed by atoms with Crippen molar-refractivity contribution >= 4 is 46.4 Å². The summed E-state index contributed by atoms with van der Waals surface area (Å²) in [4.78, 5) is 12.5. The van der Waals surface area contributed by atoms with Crippen LogP contribution in [0.1, 0.15) is 23.7 Å². The first kappa shape index (κ1) is 18.7. The smallest absolute Gasteiger partial charge is 0.255 e. The molecule has 0 heterocycles. The number of anilines is 1. The van der Waals surface area contributed by atoms with Crippen LogP contribution >= 0.6 is 34.8 Å². The van der Waals surface area contributed by atoms with Gasteiger partial charge >= 0.3 is 0 Å². The van der Waals surface area contributed by atoms with Gasteiger partial charge in [0.15, 0.2) is 11.5 Å². The SMILES string of the molecule is CCCOc1c(Cl)cc(C(=O)Nc2cccc(Cl)c2Cl)cc1OC. The lowest BCUT2D eigenvalue weighted by Gasteiger charge is -2.14. The third kappa shape index (κ3) is 4.26. The minimum Gasteiger partial charge on any atom is -0.493 e. The molecule has 0 bridgehead atoms. The van der Waals surface area contributed by atoms with Crippen LogP contribution in [0.15, 0.2) is 30.3 Å². The monoisotopic (exact) mass is 387 g/mol. The van der Waals surface area contributed by atoms with Gasteiger partial charge in [0, 0.05) is 5.56 Å². The van der Waals surface area contributed by atoms with Gasteiger partial charge in [-0.1, -0.05) is 47.8 Å². The highest BCUT2D eigenvalue weighted by Gasteiger charge is 2.17. The summed E-state index contributed by atoms with van der Waals surface area (Å²) in [6.45, 7) is 2.48. The molecule has 0 atom stereocenters. The Labute approximate surface area is 155 Å². The fraction of sp³-hybridized carbons (Fsp3) is 0.235. The van der Waals surface area contributed by atoms with E-state index < -0.39 is 0 Å². The van der Waals surface area contributed by atoms with Gasteiger partial charge in [-0.05, 0) is 30.7 Å². The Morgan fingerprint density at radius 1 is 1.17 bits per heavy atom. The van der Waals surface area contributed by atoms with Crippen LogP contribution in [0.4, 0.5) is 5.69 Å². The summed E-state index contributed by atoms with van der Waals surface area (Å²) in [5, 5.41) is 3.62. The number of nitrogens with one attached hydrogen (secondary N) is 1. The van der Waals surface area contributed by atoms with E-state index in [1.54, 1.807) is 24.3 Å². The van der Waals surface area contributed by atoms with Gasteiger partial charge in [-0.25, -0.2) is 0 Å². The van der Waals surface area contributed by atoms with Crippen LogP contribution in [-0.2, 0) is 0 Å². The van der Waals surface area contributed by atoms with Crippen molar-refractivity contribution in [3.8, 4) is 11.5 Å². The summed E-state index contributed by atoms with van der Waals surface area (Å²) >= 11 is 18.2. The van der Waals surface area contributed by atoms with Gasteiger partial charge in [0.1, 0.15) is 0 Å². The van der Waals surface area contributed by atoms with Crippen LogP contribution < -0.4 is 14.8 Å². The third-order valence-corrected chi connectivity index (χ3v) is 4.24. The van der Waals surface area contributed by atoms with Gasteiger partial charge < -0.3 is 14.8 Å². The summed E-state index contributed by atoms with van der Waals surface area (Å²) in [5.41, 5.74) is 0.729. The number of benzene rings is 2. The lowest BCUT2D eigenvalue weighted by atomic mass is 10.1. The maximum Gasteiger partial charge on any atom is 0.255 e. The number of hydrogen-bond acceptors (Lipinski definition) is 3. The Morgan fingerprint density at radius 3 is 2.58 bits per heavy atom. The molecule has 2 aromatic rings. The molecule has 0 fully saturated rings. The molecule has 7 heteroatoms. The van der Waals surface area contributed by atoms with E-state index in [1.807, 2.05) is 6.92 Å². The third-order valence-electron chi connectivity index (χ3n) is 3.14. The zero-order valence-corrected chi connectivity index (χ0v) is 15.4. The van der Waals surface area contributed by atoms with E-state index in [0.29, 0.717) is 39.4 Å². The van der Waals surface area contributed by atoms with Crippen molar-refractivity contribution in [2.75, 3.05) is 19.0 Å². The fourth-order valence-corrected chi connectivity index (χ4v) is 2.60. The van der Waals surface area contributed by atoms with E-state index in [4.69, 9.17) is 44.3 Å². The molecule has 0 aliphatic heterocycles. The Bertz CT molecular complexity index is 750. The molecule has 128 valence electrons. The maximum absolute atomic E-state index is 12.5. The lowest BCUT2D eigenvalue weighted by Crippen LogP contribution is -2.13. The predicted octanol–water partition coefficient (Wildman–Crippen LogP) is 5.70. The van der Waals surface area contributed by atoms with Crippen LogP contribution in [-0.4, -0.2) is 19.6 Å². The van der Waals surface area contributed by atoms with Gasteiger partial charge in [-0.2, -0.15) is 0 Å². The topological polar surface area (TPSA) is 47.6 Å². The van der Waals surface area contributed by atoms with E-state index in [0.717, 1.165) is 6.42 Å². The van der Waals surface area contributed by atoms with Crippen LogP contribution in [0.2, 0.25) is 15.1 Å². The summed E-state index contributed by atoms with van der Waals surface area (Å²) in [6, 6.07) is 8.07. The van der Waals surface area contributed by atoms with Crippen molar-refractivity contribution in [2.24, 2.45) is 0 Å². The molecule has 24 heavy (non-hydrogen) atoms. The number of amides is 1.